The van der Waals surface area contributed by atoms with Crippen molar-refractivity contribution in [1.29, 1.82) is 0 Å². The van der Waals surface area contributed by atoms with Crippen molar-refractivity contribution < 1.29 is 4.42 Å². The summed E-state index contributed by atoms with van der Waals surface area (Å²) in [5, 5.41) is 0. The second-order valence-corrected chi connectivity index (χ2v) is 5.09. The predicted octanol–water partition coefficient (Wildman–Crippen LogP) is 2.75. The van der Waals surface area contributed by atoms with Crippen molar-refractivity contribution in [1.82, 2.24) is 14.9 Å². The number of aromatic nitrogens is 2. The average Bonchev–Trinajstić information content (AvgIpc) is 2.77. The fourth-order valence-electron chi connectivity index (χ4n) is 2.06. The van der Waals surface area contributed by atoms with Gasteiger partial charge >= 0.3 is 0 Å². The normalized spacial score (nSPS) is 12.9. The molecule has 102 valence electrons. The summed E-state index contributed by atoms with van der Waals surface area (Å²) in [6, 6.07) is 4.49. The largest absolute Gasteiger partial charge is 0.449 e. The summed E-state index contributed by atoms with van der Waals surface area (Å²) in [5.41, 5.74) is 3.39. The number of hydrogen-bond donors (Lipinski definition) is 0. The zero-order valence-corrected chi connectivity index (χ0v) is 12.1. The Balaban J connectivity index is 1.96. The molecule has 2 rings (SSSR count). The number of aryl methyl sites for hydroxylation is 2. The SMILES string of the molecule is Cc1nc(CN(C)[C@H](C)Cc2ncccc2C)co1. The van der Waals surface area contributed by atoms with E-state index in [2.05, 4.69) is 41.8 Å². The summed E-state index contributed by atoms with van der Waals surface area (Å²) in [6.45, 7) is 6.98. The maximum absolute atomic E-state index is 5.23. The molecule has 0 aliphatic carbocycles. The van der Waals surface area contributed by atoms with Crippen molar-refractivity contribution in [2.45, 2.75) is 39.8 Å². The molecule has 0 N–H and O–H groups in total. The fourth-order valence-corrected chi connectivity index (χ4v) is 2.06. The quantitative estimate of drug-likeness (QED) is 0.828. The molecule has 0 spiro atoms. The van der Waals surface area contributed by atoms with Crippen molar-refractivity contribution in [3.05, 3.63) is 47.4 Å². The van der Waals surface area contributed by atoms with Crippen molar-refractivity contribution in [2.75, 3.05) is 7.05 Å². The van der Waals surface area contributed by atoms with Crippen LogP contribution in [-0.4, -0.2) is 28.0 Å². The Labute approximate surface area is 114 Å². The lowest BCUT2D eigenvalue weighted by Gasteiger charge is -2.23. The molecule has 0 unspecified atom stereocenters. The van der Waals surface area contributed by atoms with Gasteiger partial charge in [-0.3, -0.25) is 9.88 Å². The van der Waals surface area contributed by atoms with Crippen LogP contribution in [0.2, 0.25) is 0 Å². The van der Waals surface area contributed by atoms with Crippen LogP contribution in [0.1, 0.15) is 29.8 Å². The molecular formula is C15H21N3O. The summed E-state index contributed by atoms with van der Waals surface area (Å²) in [5.74, 6) is 0.719. The average molecular weight is 259 g/mol. The molecule has 0 aliphatic rings. The van der Waals surface area contributed by atoms with Crippen LogP contribution in [0.25, 0.3) is 0 Å². The first kappa shape index (κ1) is 13.7. The van der Waals surface area contributed by atoms with Gasteiger partial charge in [-0.1, -0.05) is 6.07 Å². The first-order valence-electron chi connectivity index (χ1n) is 6.58. The number of nitrogens with zero attached hydrogens (tertiary/aromatic N) is 3. The van der Waals surface area contributed by atoms with E-state index in [0.29, 0.717) is 6.04 Å². The van der Waals surface area contributed by atoms with Gasteiger partial charge in [-0.15, -0.1) is 0 Å². The second kappa shape index (κ2) is 5.97. The zero-order valence-electron chi connectivity index (χ0n) is 12.1. The number of pyridine rings is 1. The maximum atomic E-state index is 5.23. The van der Waals surface area contributed by atoms with Gasteiger partial charge in [0, 0.05) is 37.8 Å². The Hall–Kier alpha value is -1.68. The van der Waals surface area contributed by atoms with Crippen LogP contribution in [0.3, 0.4) is 0 Å². The molecule has 0 aliphatic heterocycles. The molecule has 4 nitrogen and oxygen atoms in total. The molecule has 0 amide bonds. The highest BCUT2D eigenvalue weighted by Gasteiger charge is 2.13. The fraction of sp³-hybridized carbons (Fsp3) is 0.467. The van der Waals surface area contributed by atoms with Crippen LogP contribution in [-0.2, 0) is 13.0 Å². The van der Waals surface area contributed by atoms with Gasteiger partial charge < -0.3 is 4.42 Å². The molecular weight excluding hydrogens is 238 g/mol. The lowest BCUT2D eigenvalue weighted by atomic mass is 10.1. The highest BCUT2D eigenvalue weighted by Crippen LogP contribution is 2.12. The minimum absolute atomic E-state index is 0.408. The number of rotatable bonds is 5. The van der Waals surface area contributed by atoms with Crippen molar-refractivity contribution in [3.8, 4) is 0 Å². The summed E-state index contributed by atoms with van der Waals surface area (Å²) in [4.78, 5) is 11.1. The minimum atomic E-state index is 0.408. The first-order chi connectivity index (χ1) is 9.06. The van der Waals surface area contributed by atoms with Crippen LogP contribution in [0, 0.1) is 13.8 Å². The van der Waals surface area contributed by atoms with E-state index in [1.807, 2.05) is 19.2 Å². The molecule has 0 aromatic carbocycles. The Bertz CT molecular complexity index is 536. The second-order valence-electron chi connectivity index (χ2n) is 5.09. The third kappa shape index (κ3) is 3.64. The maximum Gasteiger partial charge on any atom is 0.191 e. The van der Waals surface area contributed by atoms with E-state index in [1.54, 1.807) is 6.26 Å². The van der Waals surface area contributed by atoms with Gasteiger partial charge in [-0.05, 0) is 32.5 Å². The van der Waals surface area contributed by atoms with E-state index in [9.17, 15) is 0 Å². The van der Waals surface area contributed by atoms with Gasteiger partial charge in [0.05, 0.1) is 5.69 Å². The monoisotopic (exact) mass is 259 g/mol. The van der Waals surface area contributed by atoms with E-state index in [0.717, 1.165) is 30.2 Å². The third-order valence-corrected chi connectivity index (χ3v) is 3.44. The van der Waals surface area contributed by atoms with Gasteiger partial charge in [-0.25, -0.2) is 4.98 Å². The molecule has 0 saturated heterocycles. The molecule has 0 fully saturated rings. The predicted molar refractivity (Wildman–Crippen MR) is 74.8 cm³/mol. The number of hydrogen-bond acceptors (Lipinski definition) is 4. The highest BCUT2D eigenvalue weighted by molar-refractivity contribution is 5.18. The summed E-state index contributed by atoms with van der Waals surface area (Å²) >= 11 is 0. The molecule has 19 heavy (non-hydrogen) atoms. The van der Waals surface area contributed by atoms with Crippen LogP contribution in [0.5, 0.6) is 0 Å². The molecule has 2 aromatic heterocycles. The van der Waals surface area contributed by atoms with Crippen LogP contribution < -0.4 is 0 Å². The topological polar surface area (TPSA) is 42.2 Å². The van der Waals surface area contributed by atoms with Crippen molar-refractivity contribution >= 4 is 0 Å². The molecule has 0 bridgehead atoms. The smallest absolute Gasteiger partial charge is 0.191 e. The molecule has 0 radical (unpaired) electrons. The lowest BCUT2D eigenvalue weighted by Crippen LogP contribution is -2.31. The Kier molecular flexibility index (Phi) is 4.32. The van der Waals surface area contributed by atoms with Gasteiger partial charge in [0.2, 0.25) is 0 Å². The minimum Gasteiger partial charge on any atom is -0.449 e. The zero-order chi connectivity index (χ0) is 13.8. The molecule has 1 atom stereocenters. The molecule has 4 heteroatoms. The first-order valence-corrected chi connectivity index (χ1v) is 6.58. The van der Waals surface area contributed by atoms with Gasteiger partial charge in [0.25, 0.3) is 0 Å². The molecule has 2 heterocycles. The van der Waals surface area contributed by atoms with Crippen molar-refractivity contribution in [2.24, 2.45) is 0 Å². The Morgan fingerprint density at radius 3 is 2.79 bits per heavy atom. The van der Waals surface area contributed by atoms with Crippen LogP contribution in [0.4, 0.5) is 0 Å². The number of likely N-dealkylation sites (N-methyl/N-ethyl adjacent to an activating group) is 1. The van der Waals surface area contributed by atoms with E-state index >= 15 is 0 Å². The molecule has 0 saturated carbocycles. The van der Waals surface area contributed by atoms with E-state index in [-0.39, 0.29) is 0 Å². The van der Waals surface area contributed by atoms with Gasteiger partial charge in [0.1, 0.15) is 6.26 Å². The third-order valence-electron chi connectivity index (χ3n) is 3.44. The van der Waals surface area contributed by atoms with Gasteiger partial charge in [-0.2, -0.15) is 0 Å². The summed E-state index contributed by atoms with van der Waals surface area (Å²) in [6.07, 6.45) is 4.53. The van der Waals surface area contributed by atoms with E-state index in [4.69, 9.17) is 4.42 Å². The molecule has 2 aromatic rings. The standard InChI is InChI=1S/C15H21N3O/c1-11-6-5-7-16-15(11)8-12(2)18(4)9-14-10-19-13(3)17-14/h5-7,10,12H,8-9H2,1-4H3/t12-/m1/s1. The highest BCUT2D eigenvalue weighted by atomic mass is 16.3. The Morgan fingerprint density at radius 1 is 1.37 bits per heavy atom. The number of oxazole rings is 1. The lowest BCUT2D eigenvalue weighted by molar-refractivity contribution is 0.243. The van der Waals surface area contributed by atoms with E-state index < -0.39 is 0 Å². The van der Waals surface area contributed by atoms with Crippen LogP contribution in [0.15, 0.2) is 29.0 Å². The Morgan fingerprint density at radius 2 is 2.16 bits per heavy atom. The summed E-state index contributed by atoms with van der Waals surface area (Å²) in [7, 11) is 2.10. The van der Waals surface area contributed by atoms with Gasteiger partial charge in [0.15, 0.2) is 5.89 Å². The van der Waals surface area contributed by atoms with Crippen LogP contribution >= 0.6 is 0 Å². The summed E-state index contributed by atoms with van der Waals surface area (Å²) < 4.78 is 5.23. The van der Waals surface area contributed by atoms with Crippen molar-refractivity contribution in [3.63, 3.8) is 0 Å². The van der Waals surface area contributed by atoms with E-state index in [1.165, 1.54) is 5.56 Å².